The van der Waals surface area contributed by atoms with Crippen LogP contribution >= 0.6 is 0 Å². The number of aromatic nitrogens is 4. The zero-order valence-corrected chi connectivity index (χ0v) is 21.4. The molecule has 0 spiro atoms. The van der Waals surface area contributed by atoms with E-state index in [1.165, 1.54) is 18.5 Å². The summed E-state index contributed by atoms with van der Waals surface area (Å²) in [6.07, 6.45) is 3.99. The summed E-state index contributed by atoms with van der Waals surface area (Å²) < 4.78 is 59.8. The number of nitrogens with two attached hydrogens (primary N) is 1. The van der Waals surface area contributed by atoms with Gasteiger partial charge in [-0.25, -0.2) is 18.7 Å². The number of anilines is 2. The van der Waals surface area contributed by atoms with Gasteiger partial charge in [-0.05, 0) is 36.6 Å². The Hall–Kier alpha value is -3.81. The second-order valence-corrected chi connectivity index (χ2v) is 10.0. The lowest BCUT2D eigenvalue weighted by Gasteiger charge is -2.35. The van der Waals surface area contributed by atoms with E-state index in [-0.39, 0.29) is 29.2 Å². The molecule has 4 heterocycles. The molecule has 2 aliphatic rings. The third kappa shape index (κ3) is 5.51. The number of carbonyl (C=O) groups is 1. The van der Waals surface area contributed by atoms with Crippen molar-refractivity contribution in [3.63, 3.8) is 0 Å². The number of amides is 1. The van der Waals surface area contributed by atoms with E-state index < -0.39 is 35.3 Å². The Labute approximate surface area is 221 Å². The Morgan fingerprint density at radius 2 is 1.87 bits per heavy atom. The quantitative estimate of drug-likeness (QED) is 0.464. The zero-order chi connectivity index (χ0) is 27.9. The van der Waals surface area contributed by atoms with Gasteiger partial charge in [0.2, 0.25) is 5.82 Å². The van der Waals surface area contributed by atoms with Crippen molar-refractivity contribution < 1.29 is 26.9 Å². The zero-order valence-electron chi connectivity index (χ0n) is 21.4. The highest BCUT2D eigenvalue weighted by molar-refractivity contribution is 5.92. The van der Waals surface area contributed by atoms with Crippen molar-refractivity contribution in [2.75, 3.05) is 43.0 Å². The van der Waals surface area contributed by atoms with Gasteiger partial charge in [-0.15, -0.1) is 0 Å². The molecule has 208 valence electrons. The molecular formula is C25H28F4N8O2. The molecule has 1 aromatic carbocycles. The molecule has 2 aromatic heterocycles. The van der Waals surface area contributed by atoms with Gasteiger partial charge in [0.25, 0.3) is 5.91 Å². The Balaban J connectivity index is 1.18. The Kier molecular flexibility index (Phi) is 7.14. The predicted molar refractivity (Wildman–Crippen MR) is 133 cm³/mol. The average Bonchev–Trinajstić information content (AvgIpc) is 3.57. The van der Waals surface area contributed by atoms with Crippen molar-refractivity contribution in [3.8, 4) is 0 Å². The van der Waals surface area contributed by atoms with Gasteiger partial charge in [-0.1, -0.05) is 5.16 Å². The number of carbonyl (C=O) groups excluding carboxylic acids is 1. The van der Waals surface area contributed by atoms with Crippen LogP contribution in [-0.4, -0.2) is 76.2 Å². The van der Waals surface area contributed by atoms with Crippen LogP contribution in [0.1, 0.15) is 47.6 Å². The summed E-state index contributed by atoms with van der Waals surface area (Å²) in [5, 5.41) is 3.35. The second-order valence-electron chi connectivity index (χ2n) is 10.0. The van der Waals surface area contributed by atoms with Crippen LogP contribution in [0.3, 0.4) is 0 Å². The molecule has 1 amide bonds. The van der Waals surface area contributed by atoms with Crippen molar-refractivity contribution in [1.29, 1.82) is 0 Å². The number of hydrogen-bond acceptors (Lipinski definition) is 9. The molecule has 39 heavy (non-hydrogen) atoms. The number of rotatable bonds is 6. The molecule has 0 bridgehead atoms. The lowest BCUT2D eigenvalue weighted by atomic mass is 9.94. The van der Waals surface area contributed by atoms with Crippen LogP contribution in [0.2, 0.25) is 0 Å². The van der Waals surface area contributed by atoms with Gasteiger partial charge in [0, 0.05) is 58.2 Å². The first-order chi connectivity index (χ1) is 18.5. The summed E-state index contributed by atoms with van der Waals surface area (Å²) in [7, 11) is 1.68. The average molecular weight is 549 g/mol. The topological polar surface area (TPSA) is 118 Å². The van der Waals surface area contributed by atoms with Gasteiger partial charge in [-0.3, -0.25) is 4.79 Å². The number of benzene rings is 1. The highest BCUT2D eigenvalue weighted by Gasteiger charge is 2.35. The van der Waals surface area contributed by atoms with Gasteiger partial charge in [0.05, 0.1) is 12.4 Å². The lowest BCUT2D eigenvalue weighted by molar-refractivity contribution is 0.00558. The van der Waals surface area contributed by atoms with E-state index in [9.17, 15) is 22.4 Å². The summed E-state index contributed by atoms with van der Waals surface area (Å²) in [4.78, 5) is 30.7. The maximum atomic E-state index is 14.3. The molecule has 0 saturated carbocycles. The minimum absolute atomic E-state index is 0.0319. The lowest BCUT2D eigenvalue weighted by Crippen LogP contribution is -2.46. The third-order valence-corrected chi connectivity index (χ3v) is 7.31. The maximum Gasteiger partial charge on any atom is 0.324 e. The molecule has 0 unspecified atom stereocenters. The fraction of sp³-hybridized carbons (Fsp3) is 0.480. The van der Waals surface area contributed by atoms with Crippen molar-refractivity contribution >= 4 is 17.7 Å². The normalized spacial score (nSPS) is 20.5. The van der Waals surface area contributed by atoms with E-state index >= 15 is 0 Å². The smallest absolute Gasteiger partial charge is 0.324 e. The van der Waals surface area contributed by atoms with Crippen LogP contribution in [0.15, 0.2) is 35.1 Å². The number of hydrogen-bond donors (Lipinski definition) is 1. The molecule has 3 aromatic rings. The van der Waals surface area contributed by atoms with Crippen molar-refractivity contribution in [2.45, 2.75) is 43.7 Å². The number of piperidine rings is 1. The predicted octanol–water partition coefficient (Wildman–Crippen LogP) is 2.92. The molecular weight excluding hydrogens is 520 g/mol. The molecule has 0 radical (unpaired) electrons. The van der Waals surface area contributed by atoms with Crippen LogP contribution in [-0.2, 0) is 5.92 Å². The maximum absolute atomic E-state index is 14.3. The summed E-state index contributed by atoms with van der Waals surface area (Å²) in [6, 6.07) is 2.82. The molecule has 14 heteroatoms. The molecule has 2 fully saturated rings. The van der Waals surface area contributed by atoms with Crippen LogP contribution < -0.4 is 15.5 Å². The van der Waals surface area contributed by atoms with E-state index in [0.29, 0.717) is 51.8 Å². The van der Waals surface area contributed by atoms with Gasteiger partial charge < -0.3 is 25.0 Å². The molecule has 10 nitrogen and oxygen atoms in total. The minimum Gasteiger partial charge on any atom is -0.353 e. The van der Waals surface area contributed by atoms with Crippen LogP contribution in [0.5, 0.6) is 0 Å². The Morgan fingerprint density at radius 3 is 2.51 bits per heavy atom. The molecule has 2 N–H and O–H groups in total. The number of halogens is 4. The van der Waals surface area contributed by atoms with Crippen molar-refractivity contribution in [2.24, 2.45) is 5.73 Å². The Morgan fingerprint density at radius 1 is 1.13 bits per heavy atom. The number of nitrogens with zero attached hydrogens (tertiary/aromatic N) is 7. The monoisotopic (exact) mass is 548 g/mol. The van der Waals surface area contributed by atoms with Crippen LogP contribution in [0.4, 0.5) is 29.4 Å². The van der Waals surface area contributed by atoms with Crippen LogP contribution in [0.25, 0.3) is 0 Å². The largest absolute Gasteiger partial charge is 0.353 e. The van der Waals surface area contributed by atoms with Gasteiger partial charge in [0.15, 0.2) is 0 Å². The third-order valence-electron chi connectivity index (χ3n) is 7.31. The molecule has 5 rings (SSSR count). The van der Waals surface area contributed by atoms with E-state index in [2.05, 4.69) is 20.1 Å². The summed E-state index contributed by atoms with van der Waals surface area (Å²) in [5.74, 6) is -5.14. The molecule has 2 aliphatic heterocycles. The Bertz CT molecular complexity index is 1320. The van der Waals surface area contributed by atoms with Crippen molar-refractivity contribution in [3.05, 3.63) is 59.3 Å². The molecule has 2 saturated heterocycles. The highest BCUT2D eigenvalue weighted by Crippen LogP contribution is 2.31. The van der Waals surface area contributed by atoms with Gasteiger partial charge >= 0.3 is 11.9 Å². The highest BCUT2D eigenvalue weighted by atomic mass is 19.3. The summed E-state index contributed by atoms with van der Waals surface area (Å²) in [5.41, 5.74) is 6.62. The first kappa shape index (κ1) is 26.8. The van der Waals surface area contributed by atoms with E-state index in [0.717, 1.165) is 12.1 Å². The van der Waals surface area contributed by atoms with E-state index in [4.69, 9.17) is 10.3 Å². The molecule has 2 atom stereocenters. The number of alkyl halides is 2. The van der Waals surface area contributed by atoms with E-state index in [1.807, 2.05) is 4.90 Å². The first-order valence-electron chi connectivity index (χ1n) is 12.5. The van der Waals surface area contributed by atoms with Gasteiger partial charge in [0.1, 0.15) is 23.1 Å². The van der Waals surface area contributed by atoms with E-state index in [1.54, 1.807) is 16.8 Å². The SMILES string of the molecule is CN(C(=O)c1cnc(N2C[C@H](c3cc(F)ccc3F)[C@@H](N)C2)cn1)C1CCN(c2nc(C(C)(F)F)no2)CC1. The summed E-state index contributed by atoms with van der Waals surface area (Å²) in [6.45, 7) is 2.31. The fourth-order valence-corrected chi connectivity index (χ4v) is 5.05. The van der Waals surface area contributed by atoms with Gasteiger partial charge in [-0.2, -0.15) is 13.8 Å². The first-order valence-corrected chi connectivity index (χ1v) is 12.5. The second kappa shape index (κ2) is 10.4. The minimum atomic E-state index is -3.19. The standard InChI is InChI=1S/C25H28F4N8O2/c1-25(28,29)23-33-24(39-34-23)36-7-5-15(6-8-36)35(2)22(38)20-10-32-21(11-31-20)37-12-17(19(30)13-37)16-9-14(26)3-4-18(16)27/h3-4,9-11,15,17,19H,5-8,12-13,30H2,1-2H3/t17-,19+/m1/s1. The summed E-state index contributed by atoms with van der Waals surface area (Å²) >= 11 is 0. The molecule has 0 aliphatic carbocycles. The van der Waals surface area contributed by atoms with Crippen LogP contribution in [0, 0.1) is 11.6 Å². The fourth-order valence-electron chi connectivity index (χ4n) is 5.05. The van der Waals surface area contributed by atoms with Crippen molar-refractivity contribution in [1.82, 2.24) is 25.0 Å².